The fourth-order valence-electron chi connectivity index (χ4n) is 2.38. The zero-order chi connectivity index (χ0) is 16.1. The van der Waals surface area contributed by atoms with Crippen LogP contribution in [0.3, 0.4) is 0 Å². The van der Waals surface area contributed by atoms with Crippen molar-refractivity contribution < 1.29 is 14.7 Å². The van der Waals surface area contributed by atoms with Crippen molar-refractivity contribution >= 4 is 11.8 Å². The first-order valence-corrected chi connectivity index (χ1v) is 7.85. The number of nitrogens with two attached hydrogens (primary N) is 2. The Morgan fingerprint density at radius 3 is 2.24 bits per heavy atom. The first-order valence-electron chi connectivity index (χ1n) is 7.85. The monoisotopic (exact) mass is 298 g/mol. The quantitative estimate of drug-likeness (QED) is 0.357. The summed E-state index contributed by atoms with van der Waals surface area (Å²) >= 11 is 0. The van der Waals surface area contributed by atoms with Crippen molar-refractivity contribution in [3.8, 4) is 0 Å². The fraction of sp³-hybridized carbons (Fsp3) is 0.750. The highest BCUT2D eigenvalue weighted by Crippen LogP contribution is 2.28. The van der Waals surface area contributed by atoms with Gasteiger partial charge in [-0.2, -0.15) is 0 Å². The van der Waals surface area contributed by atoms with Gasteiger partial charge in [-0.25, -0.2) is 0 Å². The molecule has 0 aromatic heterocycles. The predicted molar refractivity (Wildman–Crippen MR) is 84.3 cm³/mol. The summed E-state index contributed by atoms with van der Waals surface area (Å²) in [6.45, 7) is 1.98. The Hall–Kier alpha value is -1.36. The molecular formula is C16H30N2O3. The summed E-state index contributed by atoms with van der Waals surface area (Å²) in [7, 11) is 0. The van der Waals surface area contributed by atoms with Gasteiger partial charge in [0.15, 0.2) is 0 Å². The SMILES string of the molecule is CCCCCCCCC=CC(CCO)(CC(N)=O)C(N)=O. The van der Waals surface area contributed by atoms with Crippen LogP contribution in [0.5, 0.6) is 0 Å². The molecule has 0 saturated heterocycles. The predicted octanol–water partition coefficient (Wildman–Crippen LogP) is 2.02. The molecule has 0 fully saturated rings. The van der Waals surface area contributed by atoms with Crippen LogP contribution < -0.4 is 11.5 Å². The van der Waals surface area contributed by atoms with E-state index in [4.69, 9.17) is 16.6 Å². The normalized spacial score (nSPS) is 14.2. The molecule has 1 unspecified atom stereocenters. The third kappa shape index (κ3) is 8.50. The number of carbonyl (C=O) groups excluding carboxylic acids is 2. The van der Waals surface area contributed by atoms with Gasteiger partial charge in [-0.15, -0.1) is 0 Å². The smallest absolute Gasteiger partial charge is 0.228 e. The molecular weight excluding hydrogens is 268 g/mol. The molecule has 0 aliphatic heterocycles. The minimum atomic E-state index is -1.15. The highest BCUT2D eigenvalue weighted by atomic mass is 16.3. The van der Waals surface area contributed by atoms with Crippen LogP contribution >= 0.6 is 0 Å². The molecule has 0 spiro atoms. The summed E-state index contributed by atoms with van der Waals surface area (Å²) in [6.07, 6.45) is 11.5. The van der Waals surface area contributed by atoms with Crippen molar-refractivity contribution in [1.82, 2.24) is 0 Å². The number of primary amides is 2. The Morgan fingerprint density at radius 1 is 1.10 bits per heavy atom. The van der Waals surface area contributed by atoms with Crippen LogP contribution in [0, 0.1) is 5.41 Å². The van der Waals surface area contributed by atoms with Crippen LogP contribution in [-0.4, -0.2) is 23.5 Å². The average Bonchev–Trinajstić information content (AvgIpc) is 2.41. The summed E-state index contributed by atoms with van der Waals surface area (Å²) < 4.78 is 0. The van der Waals surface area contributed by atoms with Gasteiger partial charge in [0, 0.05) is 13.0 Å². The second kappa shape index (κ2) is 11.3. The molecule has 0 aliphatic rings. The summed E-state index contributed by atoms with van der Waals surface area (Å²) in [5.74, 6) is -1.21. The van der Waals surface area contributed by atoms with Gasteiger partial charge in [-0.3, -0.25) is 9.59 Å². The Morgan fingerprint density at radius 2 is 1.71 bits per heavy atom. The van der Waals surface area contributed by atoms with E-state index in [0.717, 1.165) is 19.3 Å². The maximum Gasteiger partial charge on any atom is 0.228 e. The van der Waals surface area contributed by atoms with Gasteiger partial charge in [-0.1, -0.05) is 51.2 Å². The number of carbonyl (C=O) groups is 2. The van der Waals surface area contributed by atoms with Crippen molar-refractivity contribution in [3.63, 3.8) is 0 Å². The minimum absolute atomic E-state index is 0.123. The van der Waals surface area contributed by atoms with Crippen LogP contribution in [-0.2, 0) is 9.59 Å². The van der Waals surface area contributed by atoms with E-state index in [0.29, 0.717) is 0 Å². The number of unbranched alkanes of at least 4 members (excludes halogenated alkanes) is 6. The highest BCUT2D eigenvalue weighted by Gasteiger charge is 2.35. The third-order valence-electron chi connectivity index (χ3n) is 3.70. The van der Waals surface area contributed by atoms with Crippen LogP contribution in [0.25, 0.3) is 0 Å². The van der Waals surface area contributed by atoms with E-state index in [-0.39, 0.29) is 19.4 Å². The van der Waals surface area contributed by atoms with Gasteiger partial charge < -0.3 is 16.6 Å². The standard InChI is InChI=1S/C16H30N2O3/c1-2-3-4-5-6-7-8-9-10-16(11-12-19,15(18)21)13-14(17)20/h9-10,19H,2-8,11-13H2,1H3,(H2,17,20)(H2,18,21). The van der Waals surface area contributed by atoms with E-state index in [1.54, 1.807) is 6.08 Å². The number of rotatable bonds is 13. The van der Waals surface area contributed by atoms with Crippen LogP contribution in [0.4, 0.5) is 0 Å². The largest absolute Gasteiger partial charge is 0.396 e. The summed E-state index contributed by atoms with van der Waals surface area (Å²) in [5.41, 5.74) is 9.43. The van der Waals surface area contributed by atoms with Crippen LogP contribution in [0.2, 0.25) is 0 Å². The van der Waals surface area contributed by atoms with Crippen molar-refractivity contribution in [2.75, 3.05) is 6.61 Å². The molecule has 0 saturated carbocycles. The zero-order valence-electron chi connectivity index (χ0n) is 13.1. The number of aliphatic hydroxyl groups excluding tert-OH is 1. The van der Waals surface area contributed by atoms with E-state index in [1.807, 2.05) is 6.08 Å². The summed E-state index contributed by atoms with van der Waals surface area (Å²) in [5, 5.41) is 9.09. The lowest BCUT2D eigenvalue weighted by Crippen LogP contribution is -2.39. The van der Waals surface area contributed by atoms with Gasteiger partial charge in [0.2, 0.25) is 11.8 Å². The summed E-state index contributed by atoms with van der Waals surface area (Å²) in [6, 6.07) is 0. The number of hydrogen-bond donors (Lipinski definition) is 3. The summed E-state index contributed by atoms with van der Waals surface area (Å²) in [4.78, 5) is 22.8. The maximum absolute atomic E-state index is 11.6. The number of allylic oxidation sites excluding steroid dienone is 1. The minimum Gasteiger partial charge on any atom is -0.396 e. The Labute approximate surface area is 127 Å². The Bertz CT molecular complexity index is 342. The molecule has 2 amide bonds. The zero-order valence-corrected chi connectivity index (χ0v) is 13.1. The third-order valence-corrected chi connectivity index (χ3v) is 3.70. The molecule has 21 heavy (non-hydrogen) atoms. The first-order chi connectivity index (χ1) is 9.98. The average molecular weight is 298 g/mol. The van der Waals surface area contributed by atoms with Gasteiger partial charge >= 0.3 is 0 Å². The molecule has 122 valence electrons. The van der Waals surface area contributed by atoms with E-state index >= 15 is 0 Å². The molecule has 0 radical (unpaired) electrons. The van der Waals surface area contributed by atoms with Gasteiger partial charge in [0.25, 0.3) is 0 Å². The van der Waals surface area contributed by atoms with E-state index in [2.05, 4.69) is 6.92 Å². The number of hydrogen-bond acceptors (Lipinski definition) is 3. The highest BCUT2D eigenvalue weighted by molar-refractivity contribution is 5.89. The molecule has 0 aliphatic carbocycles. The molecule has 0 aromatic carbocycles. The molecule has 5 heteroatoms. The molecule has 0 aromatic rings. The van der Waals surface area contributed by atoms with Gasteiger partial charge in [-0.05, 0) is 19.3 Å². The van der Waals surface area contributed by atoms with Gasteiger partial charge in [0.05, 0.1) is 5.41 Å². The second-order valence-electron chi connectivity index (χ2n) is 5.60. The molecule has 0 bridgehead atoms. The lowest BCUT2D eigenvalue weighted by molar-refractivity contribution is -0.131. The lowest BCUT2D eigenvalue weighted by Gasteiger charge is -2.25. The van der Waals surface area contributed by atoms with Crippen LogP contribution in [0.15, 0.2) is 12.2 Å². The fourth-order valence-corrected chi connectivity index (χ4v) is 2.38. The van der Waals surface area contributed by atoms with Crippen molar-refractivity contribution in [1.29, 1.82) is 0 Å². The molecule has 1 atom stereocenters. The number of amides is 2. The maximum atomic E-state index is 11.6. The Kier molecular flexibility index (Phi) is 10.6. The van der Waals surface area contributed by atoms with Crippen molar-refractivity contribution in [3.05, 3.63) is 12.2 Å². The number of aliphatic hydroxyl groups is 1. The lowest BCUT2D eigenvalue weighted by atomic mass is 9.79. The molecule has 5 nitrogen and oxygen atoms in total. The van der Waals surface area contributed by atoms with E-state index in [9.17, 15) is 9.59 Å². The van der Waals surface area contributed by atoms with E-state index < -0.39 is 17.2 Å². The van der Waals surface area contributed by atoms with E-state index in [1.165, 1.54) is 25.7 Å². The van der Waals surface area contributed by atoms with Crippen LogP contribution in [0.1, 0.15) is 64.7 Å². The Balaban J connectivity index is 4.35. The van der Waals surface area contributed by atoms with Crippen molar-refractivity contribution in [2.24, 2.45) is 16.9 Å². The topological polar surface area (TPSA) is 106 Å². The van der Waals surface area contributed by atoms with Gasteiger partial charge in [0.1, 0.15) is 0 Å². The first kappa shape index (κ1) is 19.6. The van der Waals surface area contributed by atoms with Crippen molar-refractivity contribution in [2.45, 2.75) is 64.7 Å². The second-order valence-corrected chi connectivity index (χ2v) is 5.60. The molecule has 0 rings (SSSR count). The molecule has 5 N–H and O–H groups in total. The molecule has 0 heterocycles.